The largest absolute Gasteiger partial charge is 0.462 e. The highest BCUT2D eigenvalue weighted by atomic mass is 32.1. The van der Waals surface area contributed by atoms with Gasteiger partial charge in [-0.15, -0.1) is 11.3 Å². The molecule has 2 N–H and O–H groups in total. The number of aromatic nitrogens is 1. The normalized spacial score (nSPS) is 17.8. The molecule has 0 saturated heterocycles. The van der Waals surface area contributed by atoms with E-state index in [2.05, 4.69) is 27.5 Å². The Bertz CT molecular complexity index is 635. The van der Waals surface area contributed by atoms with E-state index in [0.717, 1.165) is 23.2 Å². The zero-order chi connectivity index (χ0) is 19.2. The minimum atomic E-state index is -0.297. The molecule has 0 bridgehead atoms. The lowest BCUT2D eigenvalue weighted by atomic mass is 9.83. The van der Waals surface area contributed by atoms with Crippen LogP contribution < -0.4 is 10.6 Å². The fourth-order valence-corrected chi connectivity index (χ4v) is 4.46. The van der Waals surface area contributed by atoms with Crippen LogP contribution in [0, 0.1) is 12.3 Å². The van der Waals surface area contributed by atoms with Gasteiger partial charge in [-0.1, -0.05) is 19.8 Å². The van der Waals surface area contributed by atoms with Crippen molar-refractivity contribution in [3.63, 3.8) is 0 Å². The lowest BCUT2D eigenvalue weighted by Gasteiger charge is -2.29. The molecule has 0 spiro atoms. The molecule has 6 nitrogen and oxygen atoms in total. The summed E-state index contributed by atoms with van der Waals surface area (Å²) >= 11 is 1.38. The summed E-state index contributed by atoms with van der Waals surface area (Å²) in [6.07, 6.45) is 6.43. The molecule has 1 aromatic rings. The molecule has 26 heavy (non-hydrogen) atoms. The number of aryl methyl sites for hydroxylation is 1. The third-order valence-corrected chi connectivity index (χ3v) is 6.59. The topological polar surface area (TPSA) is 75.6 Å². The van der Waals surface area contributed by atoms with Crippen LogP contribution in [-0.4, -0.2) is 37.1 Å². The summed E-state index contributed by atoms with van der Waals surface area (Å²) in [7, 11) is 1.78. The lowest BCUT2D eigenvalue weighted by Crippen LogP contribution is -2.43. The zero-order valence-corrected chi connectivity index (χ0v) is 17.5. The number of ether oxygens (including phenoxy) is 1. The monoisotopic (exact) mass is 380 g/mol. The Kier molecular flexibility index (Phi) is 7.43. The maximum absolute atomic E-state index is 12.0. The molecule has 1 aromatic heterocycles. The van der Waals surface area contributed by atoms with Crippen LogP contribution >= 0.6 is 11.3 Å². The van der Waals surface area contributed by atoms with Crippen LogP contribution in [-0.2, 0) is 4.74 Å². The molecule has 1 aliphatic rings. The molecular formula is C19H32N4O2S. The van der Waals surface area contributed by atoms with E-state index in [0.29, 0.717) is 16.9 Å². The van der Waals surface area contributed by atoms with Gasteiger partial charge in [0.2, 0.25) is 0 Å². The molecule has 1 unspecified atom stereocenters. The van der Waals surface area contributed by atoms with Gasteiger partial charge in [-0.25, -0.2) is 9.78 Å². The number of hydrogen-bond donors (Lipinski definition) is 2. The highest BCUT2D eigenvalue weighted by Crippen LogP contribution is 2.40. The number of thiazole rings is 1. The summed E-state index contributed by atoms with van der Waals surface area (Å²) in [6, 6.07) is -0.0331. The molecule has 2 rings (SSSR count). The smallest absolute Gasteiger partial charge is 0.350 e. The molecule has 7 heteroatoms. The van der Waals surface area contributed by atoms with E-state index in [1.54, 1.807) is 7.05 Å². The van der Waals surface area contributed by atoms with Gasteiger partial charge in [-0.05, 0) is 45.4 Å². The Balaban J connectivity index is 1.97. The van der Waals surface area contributed by atoms with Crippen molar-refractivity contribution in [2.45, 2.75) is 65.8 Å². The Morgan fingerprint density at radius 1 is 1.38 bits per heavy atom. The fourth-order valence-electron chi connectivity index (χ4n) is 3.50. The standard InChI is InChI=1S/C19H32N4O2S/c1-6-19(10-8-9-11-19)12-21-18(20-5)23-14(4)16-22-13(3)15(26-16)17(24)25-7-2/h14H,6-12H2,1-5H3,(H2,20,21,23). The minimum absolute atomic E-state index is 0.0331. The number of carbonyl (C=O) groups is 1. The molecule has 0 amide bonds. The van der Waals surface area contributed by atoms with E-state index in [4.69, 9.17) is 4.74 Å². The zero-order valence-electron chi connectivity index (χ0n) is 16.6. The Hall–Kier alpha value is -1.63. The third-order valence-electron chi connectivity index (χ3n) is 5.27. The SMILES string of the molecule is CCOC(=O)c1sc(C(C)NC(=NC)NCC2(CC)CCCC2)nc1C. The molecule has 1 fully saturated rings. The number of rotatable bonds is 7. The van der Waals surface area contributed by atoms with Gasteiger partial charge in [0.25, 0.3) is 0 Å². The van der Waals surface area contributed by atoms with Crippen molar-refractivity contribution in [3.05, 3.63) is 15.6 Å². The average Bonchev–Trinajstić information content (AvgIpc) is 3.26. The first-order valence-corrected chi connectivity index (χ1v) is 10.4. The van der Waals surface area contributed by atoms with Gasteiger partial charge in [-0.3, -0.25) is 4.99 Å². The van der Waals surface area contributed by atoms with E-state index in [9.17, 15) is 4.79 Å². The fraction of sp³-hybridized carbons (Fsp3) is 0.737. The molecule has 1 saturated carbocycles. The average molecular weight is 381 g/mol. The van der Waals surface area contributed by atoms with Crippen molar-refractivity contribution in [3.8, 4) is 0 Å². The number of hydrogen-bond acceptors (Lipinski definition) is 5. The highest BCUT2D eigenvalue weighted by molar-refractivity contribution is 7.13. The summed E-state index contributed by atoms with van der Waals surface area (Å²) in [6.45, 7) is 9.28. The first-order valence-electron chi connectivity index (χ1n) is 9.56. The Morgan fingerprint density at radius 3 is 2.65 bits per heavy atom. The van der Waals surface area contributed by atoms with Crippen molar-refractivity contribution < 1.29 is 9.53 Å². The number of guanidine groups is 1. The Labute approximate surface area is 160 Å². The third kappa shape index (κ3) is 4.96. The van der Waals surface area contributed by atoms with Crippen LogP contribution in [0.1, 0.15) is 79.3 Å². The van der Waals surface area contributed by atoms with Crippen molar-refractivity contribution in [1.29, 1.82) is 0 Å². The van der Waals surface area contributed by atoms with Crippen LogP contribution in [0.3, 0.4) is 0 Å². The number of aliphatic imine (C=N–C) groups is 1. The summed E-state index contributed by atoms with van der Waals surface area (Å²) in [5, 5.41) is 7.75. The van der Waals surface area contributed by atoms with Crippen LogP contribution in [0.15, 0.2) is 4.99 Å². The number of nitrogens with one attached hydrogen (secondary N) is 2. The molecular weight excluding hydrogens is 348 g/mol. The second-order valence-corrected chi connectivity index (χ2v) is 8.07. The van der Waals surface area contributed by atoms with Crippen molar-refractivity contribution in [2.24, 2.45) is 10.4 Å². The van der Waals surface area contributed by atoms with Gasteiger partial charge in [0.05, 0.1) is 18.3 Å². The van der Waals surface area contributed by atoms with E-state index >= 15 is 0 Å². The molecule has 0 aliphatic heterocycles. The van der Waals surface area contributed by atoms with Crippen LogP contribution in [0.5, 0.6) is 0 Å². The molecule has 1 atom stereocenters. The minimum Gasteiger partial charge on any atom is -0.462 e. The van der Waals surface area contributed by atoms with Crippen molar-refractivity contribution >= 4 is 23.3 Å². The summed E-state index contributed by atoms with van der Waals surface area (Å²) in [5.41, 5.74) is 1.12. The summed E-state index contributed by atoms with van der Waals surface area (Å²) in [5.74, 6) is 0.484. The first kappa shape index (κ1) is 20.7. The van der Waals surface area contributed by atoms with Gasteiger partial charge in [0, 0.05) is 13.6 Å². The molecule has 1 heterocycles. The number of nitrogens with zero attached hydrogens (tertiary/aromatic N) is 2. The van der Waals surface area contributed by atoms with E-state index in [1.165, 1.54) is 43.4 Å². The Morgan fingerprint density at radius 2 is 2.08 bits per heavy atom. The van der Waals surface area contributed by atoms with Gasteiger partial charge in [0.15, 0.2) is 5.96 Å². The summed E-state index contributed by atoms with van der Waals surface area (Å²) < 4.78 is 5.10. The predicted octanol–water partition coefficient (Wildman–Crippen LogP) is 3.82. The van der Waals surface area contributed by atoms with Crippen LogP contribution in [0.25, 0.3) is 0 Å². The predicted molar refractivity (Wildman–Crippen MR) is 107 cm³/mol. The molecule has 0 radical (unpaired) electrons. The molecule has 146 valence electrons. The van der Waals surface area contributed by atoms with Crippen LogP contribution in [0.2, 0.25) is 0 Å². The molecule has 0 aromatic carbocycles. The van der Waals surface area contributed by atoms with Gasteiger partial charge < -0.3 is 15.4 Å². The second-order valence-electron chi connectivity index (χ2n) is 7.04. The lowest BCUT2D eigenvalue weighted by molar-refractivity contribution is 0.0531. The van der Waals surface area contributed by atoms with E-state index in [1.807, 2.05) is 20.8 Å². The van der Waals surface area contributed by atoms with E-state index < -0.39 is 0 Å². The van der Waals surface area contributed by atoms with Crippen molar-refractivity contribution in [1.82, 2.24) is 15.6 Å². The van der Waals surface area contributed by atoms with Gasteiger partial charge >= 0.3 is 5.97 Å². The van der Waals surface area contributed by atoms with Crippen molar-refractivity contribution in [2.75, 3.05) is 20.2 Å². The maximum atomic E-state index is 12.0. The molecule has 1 aliphatic carbocycles. The number of carbonyl (C=O) groups excluding carboxylic acids is 1. The van der Waals surface area contributed by atoms with Crippen LogP contribution in [0.4, 0.5) is 0 Å². The van der Waals surface area contributed by atoms with E-state index in [-0.39, 0.29) is 12.0 Å². The highest BCUT2D eigenvalue weighted by Gasteiger charge is 2.32. The second kappa shape index (κ2) is 9.35. The summed E-state index contributed by atoms with van der Waals surface area (Å²) in [4.78, 5) is 21.5. The van der Waals surface area contributed by atoms with Gasteiger partial charge in [0.1, 0.15) is 9.88 Å². The first-order chi connectivity index (χ1) is 12.4. The quantitative estimate of drug-likeness (QED) is 0.427. The maximum Gasteiger partial charge on any atom is 0.350 e. The number of esters is 1. The van der Waals surface area contributed by atoms with Gasteiger partial charge in [-0.2, -0.15) is 0 Å².